The Morgan fingerprint density at radius 2 is 1.68 bits per heavy atom. The van der Waals surface area contributed by atoms with Gasteiger partial charge in [0.05, 0.1) is 21.3 Å². The van der Waals surface area contributed by atoms with Gasteiger partial charge in [-0.15, -0.1) is 0 Å². The van der Waals surface area contributed by atoms with E-state index in [1.54, 1.807) is 35.9 Å². The highest BCUT2D eigenvalue weighted by atomic mass is 32.1. The van der Waals surface area contributed by atoms with Gasteiger partial charge in [-0.25, -0.2) is 0 Å². The molecule has 2 heterocycles. The lowest BCUT2D eigenvalue weighted by atomic mass is 10.1. The van der Waals surface area contributed by atoms with E-state index in [1.807, 2.05) is 6.07 Å². The first kappa shape index (κ1) is 18.6. The summed E-state index contributed by atoms with van der Waals surface area (Å²) in [4.78, 5) is 37.7. The zero-order chi connectivity index (χ0) is 19.7. The average Bonchev–Trinajstić information content (AvgIpc) is 3.12. The summed E-state index contributed by atoms with van der Waals surface area (Å²) in [7, 11) is 1.79. The van der Waals surface area contributed by atoms with Crippen LogP contribution in [-0.2, 0) is 13.5 Å². The first-order valence-corrected chi connectivity index (χ1v) is 10.1. The highest BCUT2D eigenvalue weighted by Gasteiger charge is 2.34. The van der Waals surface area contributed by atoms with Crippen LogP contribution in [0.25, 0.3) is 10.2 Å². The predicted molar refractivity (Wildman–Crippen MR) is 110 cm³/mol. The largest absolute Gasteiger partial charge is 0.316 e. The fourth-order valence-corrected chi connectivity index (χ4v) is 4.44. The van der Waals surface area contributed by atoms with E-state index < -0.39 is 0 Å². The predicted octanol–water partition coefficient (Wildman–Crippen LogP) is 2.42. The first-order chi connectivity index (χ1) is 13.6. The summed E-state index contributed by atoms with van der Waals surface area (Å²) in [6.45, 7) is 1.95. The molecule has 2 amide bonds. The van der Waals surface area contributed by atoms with E-state index in [4.69, 9.17) is 0 Å². The van der Waals surface area contributed by atoms with Crippen LogP contribution in [0.5, 0.6) is 0 Å². The Kier molecular flexibility index (Phi) is 5.11. The smallest absolute Gasteiger partial charge is 0.307 e. The fourth-order valence-electron chi connectivity index (χ4n) is 3.50. The van der Waals surface area contributed by atoms with Gasteiger partial charge in [0.2, 0.25) is 0 Å². The van der Waals surface area contributed by atoms with Crippen molar-refractivity contribution in [2.45, 2.75) is 12.8 Å². The van der Waals surface area contributed by atoms with Crippen LogP contribution >= 0.6 is 11.3 Å². The van der Waals surface area contributed by atoms with Gasteiger partial charge in [0.15, 0.2) is 0 Å². The minimum absolute atomic E-state index is 0.0541. The van der Waals surface area contributed by atoms with Crippen molar-refractivity contribution in [2.24, 2.45) is 7.05 Å². The van der Waals surface area contributed by atoms with Crippen LogP contribution in [0.4, 0.5) is 0 Å². The number of thiazole rings is 1. The van der Waals surface area contributed by atoms with Crippen molar-refractivity contribution in [1.82, 2.24) is 14.8 Å². The quantitative estimate of drug-likeness (QED) is 0.493. The van der Waals surface area contributed by atoms with Crippen molar-refractivity contribution in [1.29, 1.82) is 0 Å². The molecule has 0 fully saturated rings. The van der Waals surface area contributed by atoms with E-state index in [0.717, 1.165) is 29.7 Å². The van der Waals surface area contributed by atoms with E-state index in [9.17, 15) is 14.4 Å². The average molecular weight is 395 g/mol. The minimum Gasteiger partial charge on any atom is -0.316 e. The lowest BCUT2D eigenvalue weighted by Crippen LogP contribution is -2.32. The molecule has 0 saturated heterocycles. The molecule has 2 aromatic carbocycles. The number of imide groups is 1. The second kappa shape index (κ2) is 7.69. The van der Waals surface area contributed by atoms with E-state index in [0.29, 0.717) is 24.1 Å². The van der Waals surface area contributed by atoms with E-state index in [-0.39, 0.29) is 16.7 Å². The Bertz CT molecular complexity index is 1080. The highest BCUT2D eigenvalue weighted by Crippen LogP contribution is 2.22. The van der Waals surface area contributed by atoms with Gasteiger partial charge in [0, 0.05) is 13.6 Å². The van der Waals surface area contributed by atoms with Gasteiger partial charge in [0.25, 0.3) is 11.8 Å². The number of carbonyl (C=O) groups excluding carboxylic acids is 2. The number of hydrogen-bond donors (Lipinski definition) is 1. The number of fused-ring (bicyclic) bond motifs is 2. The number of amides is 2. The topological polar surface area (TPSA) is 71.4 Å². The Labute approximate surface area is 166 Å². The molecule has 0 saturated carbocycles. The van der Waals surface area contributed by atoms with E-state index in [2.05, 4.69) is 17.4 Å². The number of nitrogens with zero attached hydrogens (tertiary/aromatic N) is 2. The summed E-state index contributed by atoms with van der Waals surface area (Å²) in [6.07, 6.45) is 1.57. The molecule has 1 aliphatic rings. The van der Waals surface area contributed by atoms with Crippen LogP contribution in [-0.4, -0.2) is 40.9 Å². The number of nitrogens with one attached hydrogen (secondary N) is 1. The molecule has 4 rings (SSSR count). The molecular formula is C21H21N3O3S. The second-order valence-electron chi connectivity index (χ2n) is 6.89. The number of benzene rings is 2. The minimum atomic E-state index is -0.198. The molecule has 0 bridgehead atoms. The molecule has 0 spiro atoms. The third-order valence-electron chi connectivity index (χ3n) is 5.06. The number of hydrogen-bond acceptors (Lipinski definition) is 5. The molecule has 3 aromatic rings. The van der Waals surface area contributed by atoms with Gasteiger partial charge in [-0.05, 0) is 55.8 Å². The third-order valence-corrected chi connectivity index (χ3v) is 6.06. The molecule has 0 atom stereocenters. The van der Waals surface area contributed by atoms with Gasteiger partial charge in [-0.1, -0.05) is 29.5 Å². The summed E-state index contributed by atoms with van der Waals surface area (Å²) in [5, 5.41) is 3.36. The van der Waals surface area contributed by atoms with Crippen LogP contribution < -0.4 is 10.2 Å². The first-order valence-electron chi connectivity index (χ1n) is 9.30. The lowest BCUT2D eigenvalue weighted by molar-refractivity contribution is 0.0652. The summed E-state index contributed by atoms with van der Waals surface area (Å²) in [5.74, 6) is -0.397. The van der Waals surface area contributed by atoms with E-state index in [1.165, 1.54) is 21.8 Å². The van der Waals surface area contributed by atoms with Crippen molar-refractivity contribution in [3.05, 3.63) is 68.8 Å². The van der Waals surface area contributed by atoms with Crippen LogP contribution in [0.3, 0.4) is 0 Å². The fraction of sp³-hybridized carbons (Fsp3) is 0.286. The van der Waals surface area contributed by atoms with Gasteiger partial charge in [-0.2, -0.15) is 0 Å². The zero-order valence-corrected chi connectivity index (χ0v) is 16.4. The van der Waals surface area contributed by atoms with Crippen LogP contribution in [0, 0.1) is 0 Å². The van der Waals surface area contributed by atoms with Gasteiger partial charge in [0.1, 0.15) is 0 Å². The maximum atomic E-state index is 12.3. The van der Waals surface area contributed by atoms with Crippen LogP contribution in [0.2, 0.25) is 0 Å². The third kappa shape index (κ3) is 3.39. The molecule has 144 valence electrons. The molecule has 1 aromatic heterocycles. The number of aryl methyl sites for hydroxylation is 1. The maximum Gasteiger partial charge on any atom is 0.307 e. The van der Waals surface area contributed by atoms with Gasteiger partial charge < -0.3 is 9.88 Å². The SMILES string of the molecule is Cn1c(=O)sc2cc(CCNCCCN3C(=O)c4ccccc4C3=O)ccc21. The zero-order valence-electron chi connectivity index (χ0n) is 15.6. The van der Waals surface area contributed by atoms with Gasteiger partial charge >= 0.3 is 4.87 Å². The Balaban J connectivity index is 1.23. The monoisotopic (exact) mass is 395 g/mol. The van der Waals surface area contributed by atoms with Crippen molar-refractivity contribution >= 4 is 33.4 Å². The van der Waals surface area contributed by atoms with Gasteiger partial charge in [-0.3, -0.25) is 19.3 Å². The lowest BCUT2D eigenvalue weighted by Gasteiger charge is -2.13. The number of rotatable bonds is 7. The summed E-state index contributed by atoms with van der Waals surface area (Å²) < 4.78 is 2.68. The molecule has 0 unspecified atom stereocenters. The standard InChI is InChI=1S/C21H21N3O3S/c1-23-17-8-7-14(13-18(17)28-21(23)27)9-11-22-10-4-12-24-19(25)15-5-2-3-6-16(15)20(24)26/h2-3,5-8,13,22H,4,9-12H2,1H3. The van der Waals surface area contributed by atoms with Crippen molar-refractivity contribution in [2.75, 3.05) is 19.6 Å². The molecular weight excluding hydrogens is 374 g/mol. The van der Waals surface area contributed by atoms with Crippen molar-refractivity contribution in [3.8, 4) is 0 Å². The highest BCUT2D eigenvalue weighted by molar-refractivity contribution is 7.16. The Morgan fingerprint density at radius 3 is 2.39 bits per heavy atom. The molecule has 0 radical (unpaired) electrons. The maximum absolute atomic E-state index is 12.3. The molecule has 1 N–H and O–H groups in total. The second-order valence-corrected chi connectivity index (χ2v) is 7.88. The normalized spacial score (nSPS) is 13.5. The van der Waals surface area contributed by atoms with Crippen LogP contribution in [0.1, 0.15) is 32.7 Å². The Hall–Kier alpha value is -2.77. The summed E-state index contributed by atoms with van der Waals surface area (Å²) in [6, 6.07) is 13.1. The molecule has 7 heteroatoms. The molecule has 28 heavy (non-hydrogen) atoms. The van der Waals surface area contributed by atoms with Crippen molar-refractivity contribution < 1.29 is 9.59 Å². The number of aromatic nitrogens is 1. The molecule has 6 nitrogen and oxygen atoms in total. The molecule has 0 aliphatic carbocycles. The summed E-state index contributed by atoms with van der Waals surface area (Å²) in [5.41, 5.74) is 3.15. The number of carbonyl (C=O) groups is 2. The van der Waals surface area contributed by atoms with Crippen molar-refractivity contribution in [3.63, 3.8) is 0 Å². The van der Waals surface area contributed by atoms with Crippen LogP contribution in [0.15, 0.2) is 47.3 Å². The molecule has 1 aliphatic heterocycles. The summed E-state index contributed by atoms with van der Waals surface area (Å²) >= 11 is 1.27. The van der Waals surface area contributed by atoms with E-state index >= 15 is 0 Å². The Morgan fingerprint density at radius 1 is 0.964 bits per heavy atom.